The van der Waals surface area contributed by atoms with Crippen molar-refractivity contribution in [1.29, 1.82) is 0 Å². The molecule has 0 radical (unpaired) electrons. The van der Waals surface area contributed by atoms with Crippen LogP contribution < -0.4 is 0 Å². The minimum Gasteiger partial charge on any atom is -0.478 e. The van der Waals surface area contributed by atoms with E-state index >= 15 is 0 Å². The smallest absolute Gasteiger partial charge is 0.330 e. The summed E-state index contributed by atoms with van der Waals surface area (Å²) in [6.45, 7) is 3.46. The van der Waals surface area contributed by atoms with E-state index in [1.807, 2.05) is 36.4 Å². The summed E-state index contributed by atoms with van der Waals surface area (Å²) in [5.41, 5.74) is 1.28. The highest BCUT2D eigenvalue weighted by Crippen LogP contribution is 2.11. The SMILES string of the molecule is C=C(CCC=Cc1ccc(Cl)cc1)C(=O)O. The fraction of sp³-hybridized carbons (Fsp3) is 0.154. The van der Waals surface area contributed by atoms with Gasteiger partial charge < -0.3 is 5.11 Å². The number of hydrogen-bond donors (Lipinski definition) is 1. The molecule has 1 rings (SSSR count). The Balaban J connectivity index is 2.40. The van der Waals surface area contributed by atoms with Crippen LogP contribution in [-0.2, 0) is 4.79 Å². The Hall–Kier alpha value is -1.54. The minimum atomic E-state index is -0.931. The van der Waals surface area contributed by atoms with E-state index in [-0.39, 0.29) is 5.57 Å². The van der Waals surface area contributed by atoms with Crippen LogP contribution in [0.25, 0.3) is 6.08 Å². The number of rotatable bonds is 5. The normalized spacial score (nSPS) is 10.6. The van der Waals surface area contributed by atoms with Crippen LogP contribution in [-0.4, -0.2) is 11.1 Å². The number of carboxylic acids is 1. The highest BCUT2D eigenvalue weighted by molar-refractivity contribution is 6.30. The molecule has 0 amide bonds. The summed E-state index contributed by atoms with van der Waals surface area (Å²) in [5, 5.41) is 9.30. The molecule has 0 heterocycles. The summed E-state index contributed by atoms with van der Waals surface area (Å²) < 4.78 is 0. The molecule has 0 unspecified atom stereocenters. The van der Waals surface area contributed by atoms with Gasteiger partial charge in [-0.25, -0.2) is 4.79 Å². The van der Waals surface area contributed by atoms with Crippen molar-refractivity contribution in [2.75, 3.05) is 0 Å². The maximum Gasteiger partial charge on any atom is 0.330 e. The molecule has 0 aliphatic rings. The molecule has 0 spiro atoms. The Morgan fingerprint density at radius 2 is 2.00 bits per heavy atom. The van der Waals surface area contributed by atoms with Gasteiger partial charge in [-0.3, -0.25) is 0 Å². The zero-order valence-corrected chi connectivity index (χ0v) is 9.57. The van der Waals surface area contributed by atoms with Crippen molar-refractivity contribution >= 4 is 23.6 Å². The molecule has 0 aromatic heterocycles. The van der Waals surface area contributed by atoms with E-state index in [1.54, 1.807) is 0 Å². The van der Waals surface area contributed by atoms with Crippen molar-refractivity contribution in [3.63, 3.8) is 0 Å². The van der Waals surface area contributed by atoms with Crippen LogP contribution in [0.15, 0.2) is 42.5 Å². The Bertz CT molecular complexity index is 404. The highest BCUT2D eigenvalue weighted by atomic mass is 35.5. The third-order valence-corrected chi connectivity index (χ3v) is 2.35. The van der Waals surface area contributed by atoms with Gasteiger partial charge in [-0.15, -0.1) is 0 Å². The maximum absolute atomic E-state index is 10.5. The van der Waals surface area contributed by atoms with Gasteiger partial charge in [0.05, 0.1) is 0 Å². The molecule has 1 aromatic carbocycles. The monoisotopic (exact) mass is 236 g/mol. The standard InChI is InChI=1S/C13H13ClO2/c1-10(13(15)16)4-2-3-5-11-6-8-12(14)9-7-11/h3,5-9H,1-2,4H2,(H,15,16). The first-order valence-electron chi connectivity index (χ1n) is 4.93. The molecule has 1 N–H and O–H groups in total. The highest BCUT2D eigenvalue weighted by Gasteiger charge is 2.00. The lowest BCUT2D eigenvalue weighted by atomic mass is 10.1. The van der Waals surface area contributed by atoms with Crippen molar-refractivity contribution in [2.24, 2.45) is 0 Å². The number of benzene rings is 1. The molecule has 16 heavy (non-hydrogen) atoms. The average Bonchev–Trinajstić information content (AvgIpc) is 2.26. The number of aliphatic carboxylic acids is 1. The predicted molar refractivity (Wildman–Crippen MR) is 66.5 cm³/mol. The molecular formula is C13H13ClO2. The van der Waals surface area contributed by atoms with E-state index in [9.17, 15) is 4.79 Å². The van der Waals surface area contributed by atoms with Crippen molar-refractivity contribution in [2.45, 2.75) is 12.8 Å². The van der Waals surface area contributed by atoms with E-state index in [0.29, 0.717) is 17.9 Å². The molecule has 0 fully saturated rings. The van der Waals surface area contributed by atoms with Crippen molar-refractivity contribution in [3.05, 3.63) is 53.1 Å². The first-order chi connectivity index (χ1) is 7.59. The first-order valence-corrected chi connectivity index (χ1v) is 5.30. The molecule has 3 heteroatoms. The summed E-state index contributed by atoms with van der Waals surface area (Å²) in [5.74, 6) is -0.931. The van der Waals surface area contributed by atoms with E-state index in [1.165, 1.54) is 0 Å². The van der Waals surface area contributed by atoms with Gasteiger partial charge in [-0.05, 0) is 30.5 Å². The van der Waals surface area contributed by atoms with E-state index in [2.05, 4.69) is 6.58 Å². The van der Waals surface area contributed by atoms with Crippen molar-refractivity contribution in [1.82, 2.24) is 0 Å². The van der Waals surface area contributed by atoms with Gasteiger partial charge in [-0.1, -0.05) is 42.5 Å². The molecule has 0 saturated heterocycles. The van der Waals surface area contributed by atoms with Crippen LogP contribution in [0, 0.1) is 0 Å². The van der Waals surface area contributed by atoms with Crippen molar-refractivity contribution in [3.8, 4) is 0 Å². The molecule has 0 atom stereocenters. The molecule has 2 nitrogen and oxygen atoms in total. The van der Waals surface area contributed by atoms with Crippen LogP contribution >= 0.6 is 11.6 Å². The van der Waals surface area contributed by atoms with Crippen LogP contribution in [0.3, 0.4) is 0 Å². The van der Waals surface area contributed by atoms with Gasteiger partial charge in [0.15, 0.2) is 0 Å². The maximum atomic E-state index is 10.5. The Morgan fingerprint density at radius 3 is 2.56 bits per heavy atom. The second kappa shape index (κ2) is 6.13. The number of carboxylic acid groups (broad SMARTS) is 1. The summed E-state index contributed by atoms with van der Waals surface area (Å²) in [4.78, 5) is 10.5. The Labute approximate surface area is 99.9 Å². The molecule has 0 aliphatic carbocycles. The Kier molecular flexibility index (Phi) is 4.80. The summed E-state index contributed by atoms with van der Waals surface area (Å²) in [6.07, 6.45) is 5.01. The topological polar surface area (TPSA) is 37.3 Å². The van der Waals surface area contributed by atoms with Gasteiger partial charge in [0.1, 0.15) is 0 Å². The summed E-state index contributed by atoms with van der Waals surface area (Å²) in [6, 6.07) is 7.45. The molecule has 84 valence electrons. The Morgan fingerprint density at radius 1 is 1.38 bits per heavy atom. The van der Waals surface area contributed by atoms with E-state index in [4.69, 9.17) is 16.7 Å². The second-order valence-electron chi connectivity index (χ2n) is 3.40. The lowest BCUT2D eigenvalue weighted by Crippen LogP contribution is -1.97. The fourth-order valence-electron chi connectivity index (χ4n) is 1.16. The first kappa shape index (κ1) is 12.5. The van der Waals surface area contributed by atoms with Gasteiger partial charge >= 0.3 is 5.97 Å². The minimum absolute atomic E-state index is 0.237. The average molecular weight is 237 g/mol. The lowest BCUT2D eigenvalue weighted by Gasteiger charge is -1.96. The molecule has 0 aliphatic heterocycles. The summed E-state index contributed by atoms with van der Waals surface area (Å²) in [7, 11) is 0. The summed E-state index contributed by atoms with van der Waals surface area (Å²) >= 11 is 5.75. The van der Waals surface area contributed by atoms with Gasteiger partial charge in [0.2, 0.25) is 0 Å². The van der Waals surface area contributed by atoms with Crippen LogP contribution in [0.2, 0.25) is 5.02 Å². The largest absolute Gasteiger partial charge is 0.478 e. The number of carbonyl (C=O) groups is 1. The number of allylic oxidation sites excluding steroid dienone is 1. The third-order valence-electron chi connectivity index (χ3n) is 2.10. The fourth-order valence-corrected chi connectivity index (χ4v) is 1.28. The quantitative estimate of drug-likeness (QED) is 0.790. The van der Waals surface area contributed by atoms with Gasteiger partial charge in [0.25, 0.3) is 0 Å². The van der Waals surface area contributed by atoms with Crippen LogP contribution in [0.4, 0.5) is 0 Å². The predicted octanol–water partition coefficient (Wildman–Crippen LogP) is 3.77. The molecule has 0 bridgehead atoms. The molecule has 0 saturated carbocycles. The van der Waals surface area contributed by atoms with Crippen molar-refractivity contribution < 1.29 is 9.90 Å². The van der Waals surface area contributed by atoms with E-state index < -0.39 is 5.97 Å². The van der Waals surface area contributed by atoms with Gasteiger partial charge in [0, 0.05) is 10.6 Å². The lowest BCUT2D eigenvalue weighted by molar-refractivity contribution is -0.132. The number of hydrogen-bond acceptors (Lipinski definition) is 1. The zero-order valence-electron chi connectivity index (χ0n) is 8.82. The second-order valence-corrected chi connectivity index (χ2v) is 3.84. The zero-order chi connectivity index (χ0) is 12.0. The van der Waals surface area contributed by atoms with E-state index in [0.717, 1.165) is 5.56 Å². The van der Waals surface area contributed by atoms with Crippen LogP contribution in [0.5, 0.6) is 0 Å². The molecular weight excluding hydrogens is 224 g/mol. The van der Waals surface area contributed by atoms with Gasteiger partial charge in [-0.2, -0.15) is 0 Å². The van der Waals surface area contributed by atoms with Crippen LogP contribution in [0.1, 0.15) is 18.4 Å². The number of halogens is 1. The molecule has 1 aromatic rings. The third kappa shape index (κ3) is 4.32.